The fraction of sp³-hybridized carbons (Fsp3) is 0.680. The van der Waals surface area contributed by atoms with Crippen LogP contribution in [0.4, 0.5) is 0 Å². The Balaban J connectivity index is 1.17. The van der Waals surface area contributed by atoms with Gasteiger partial charge in [-0.2, -0.15) is 0 Å². The van der Waals surface area contributed by atoms with Crippen LogP contribution in [0.3, 0.4) is 0 Å². The van der Waals surface area contributed by atoms with Crippen molar-refractivity contribution in [3.05, 3.63) is 35.4 Å². The molecular formula is C25H34N2O2. The van der Waals surface area contributed by atoms with Gasteiger partial charge in [-0.05, 0) is 67.9 Å². The van der Waals surface area contributed by atoms with Crippen LogP contribution in [-0.2, 0) is 20.4 Å². The lowest BCUT2D eigenvalue weighted by molar-refractivity contribution is -0.144. The molecular weight excluding hydrogens is 360 g/mol. The number of fused-ring (bicyclic) bond motifs is 1. The number of carbonyl (C=O) groups is 2. The van der Waals surface area contributed by atoms with Gasteiger partial charge in [0.1, 0.15) is 0 Å². The molecule has 2 amide bonds. The van der Waals surface area contributed by atoms with E-state index in [1.54, 1.807) is 0 Å². The Labute approximate surface area is 174 Å². The molecule has 156 valence electrons. The molecule has 1 aromatic carbocycles. The van der Waals surface area contributed by atoms with E-state index in [1.165, 1.54) is 30.4 Å². The van der Waals surface area contributed by atoms with E-state index in [0.29, 0.717) is 29.1 Å². The summed E-state index contributed by atoms with van der Waals surface area (Å²) in [7, 11) is 0. The third kappa shape index (κ3) is 3.19. The second-order valence-electron chi connectivity index (χ2n) is 10.8. The first-order chi connectivity index (χ1) is 13.8. The lowest BCUT2D eigenvalue weighted by Crippen LogP contribution is -2.59. The highest BCUT2D eigenvalue weighted by atomic mass is 16.2. The van der Waals surface area contributed by atoms with Gasteiger partial charge in [0, 0.05) is 36.4 Å². The zero-order valence-corrected chi connectivity index (χ0v) is 18.1. The topological polar surface area (TPSA) is 49.4 Å². The minimum Gasteiger partial charge on any atom is -0.351 e. The highest BCUT2D eigenvalue weighted by Crippen LogP contribution is 2.60. The molecule has 0 bridgehead atoms. The molecule has 3 saturated carbocycles. The zero-order chi connectivity index (χ0) is 20.4. The SMILES string of the molecule is CCC(=O)N[C@]1(C)C[C@H](C(=O)N2CCC3(c4ccc(C5(C)CC5)cc4)CC3C2)C1. The quantitative estimate of drug-likeness (QED) is 0.823. The van der Waals surface area contributed by atoms with Crippen molar-refractivity contribution in [1.29, 1.82) is 0 Å². The first-order valence-corrected chi connectivity index (χ1v) is 11.5. The number of hydrogen-bond acceptors (Lipinski definition) is 2. The summed E-state index contributed by atoms with van der Waals surface area (Å²) < 4.78 is 0. The molecule has 3 aliphatic carbocycles. The van der Waals surface area contributed by atoms with Crippen LogP contribution >= 0.6 is 0 Å². The van der Waals surface area contributed by atoms with Gasteiger partial charge in [0.2, 0.25) is 11.8 Å². The average Bonchev–Trinajstić information content (AvgIpc) is 3.61. The van der Waals surface area contributed by atoms with Crippen molar-refractivity contribution in [2.24, 2.45) is 11.8 Å². The molecule has 4 heteroatoms. The van der Waals surface area contributed by atoms with Gasteiger partial charge in [-0.3, -0.25) is 9.59 Å². The van der Waals surface area contributed by atoms with E-state index in [9.17, 15) is 9.59 Å². The molecule has 5 rings (SSSR count). The minimum atomic E-state index is -0.188. The van der Waals surface area contributed by atoms with Crippen LogP contribution in [0.15, 0.2) is 24.3 Å². The van der Waals surface area contributed by atoms with Crippen LogP contribution in [0.25, 0.3) is 0 Å². The molecule has 1 aromatic rings. The predicted molar refractivity (Wildman–Crippen MR) is 114 cm³/mol. The van der Waals surface area contributed by atoms with Crippen LogP contribution in [-0.4, -0.2) is 35.3 Å². The fourth-order valence-corrected chi connectivity index (χ4v) is 5.98. The Kier molecular flexibility index (Phi) is 4.18. The van der Waals surface area contributed by atoms with Crippen LogP contribution in [0.5, 0.6) is 0 Å². The lowest BCUT2D eigenvalue weighted by Gasteiger charge is -2.47. The van der Waals surface area contributed by atoms with E-state index in [1.807, 2.05) is 6.92 Å². The monoisotopic (exact) mass is 394 g/mol. The minimum absolute atomic E-state index is 0.0841. The number of nitrogens with one attached hydrogen (secondary N) is 1. The van der Waals surface area contributed by atoms with E-state index in [2.05, 4.69) is 48.3 Å². The summed E-state index contributed by atoms with van der Waals surface area (Å²) in [5, 5.41) is 3.08. The van der Waals surface area contributed by atoms with Gasteiger partial charge in [0.15, 0.2) is 0 Å². The second-order valence-corrected chi connectivity index (χ2v) is 10.8. The number of benzene rings is 1. The highest BCUT2D eigenvalue weighted by molar-refractivity contribution is 5.82. The van der Waals surface area contributed by atoms with Crippen molar-refractivity contribution < 1.29 is 9.59 Å². The summed E-state index contributed by atoms with van der Waals surface area (Å²) in [6.07, 6.45) is 7.02. The summed E-state index contributed by atoms with van der Waals surface area (Å²) in [4.78, 5) is 26.8. The predicted octanol–water partition coefficient (Wildman–Crippen LogP) is 3.92. The molecule has 1 N–H and O–H groups in total. The molecule has 2 unspecified atom stereocenters. The molecule has 1 heterocycles. The second kappa shape index (κ2) is 6.33. The summed E-state index contributed by atoms with van der Waals surface area (Å²) in [5.41, 5.74) is 3.55. The first kappa shape index (κ1) is 19.1. The first-order valence-electron chi connectivity index (χ1n) is 11.5. The summed E-state index contributed by atoms with van der Waals surface area (Å²) in [5.74, 6) is 1.10. The van der Waals surface area contributed by atoms with E-state index < -0.39 is 0 Å². The normalized spacial score (nSPS) is 36.6. The molecule has 4 nitrogen and oxygen atoms in total. The average molecular weight is 395 g/mol. The Hall–Kier alpha value is -1.84. The van der Waals surface area contributed by atoms with Gasteiger partial charge in [-0.15, -0.1) is 0 Å². The maximum atomic E-state index is 13.0. The molecule has 4 aliphatic rings. The van der Waals surface area contributed by atoms with E-state index >= 15 is 0 Å². The Morgan fingerprint density at radius 3 is 2.28 bits per heavy atom. The third-order valence-electron chi connectivity index (χ3n) is 8.47. The van der Waals surface area contributed by atoms with Gasteiger partial charge >= 0.3 is 0 Å². The fourth-order valence-electron chi connectivity index (χ4n) is 5.98. The molecule has 29 heavy (non-hydrogen) atoms. The number of hydrogen-bond donors (Lipinski definition) is 1. The molecule has 0 radical (unpaired) electrons. The third-order valence-corrected chi connectivity index (χ3v) is 8.47. The van der Waals surface area contributed by atoms with Crippen molar-refractivity contribution in [2.75, 3.05) is 13.1 Å². The van der Waals surface area contributed by atoms with Gasteiger partial charge in [-0.1, -0.05) is 38.1 Å². The maximum absolute atomic E-state index is 13.0. The van der Waals surface area contributed by atoms with Gasteiger partial charge in [0.25, 0.3) is 0 Å². The van der Waals surface area contributed by atoms with Crippen LogP contribution < -0.4 is 5.32 Å². The lowest BCUT2D eigenvalue weighted by atomic mass is 9.68. The standard InChI is InChI=1S/C25H34N2O2/c1-4-21(28)26-24(3)13-17(14-24)22(29)27-12-11-25(15-20(25)16-27)19-7-5-18(6-8-19)23(2)9-10-23/h5-8,17,20H,4,9-16H2,1-3H3,(H,26,28)/t17-,20?,24+,25?. The zero-order valence-electron chi connectivity index (χ0n) is 18.1. The molecule has 0 spiro atoms. The van der Waals surface area contributed by atoms with Crippen molar-refractivity contribution in [2.45, 2.75) is 82.1 Å². The van der Waals surface area contributed by atoms with Crippen LogP contribution in [0.2, 0.25) is 0 Å². The molecule has 2 atom stereocenters. The number of amides is 2. The summed E-state index contributed by atoms with van der Waals surface area (Å²) in [6.45, 7) is 8.09. The molecule has 4 fully saturated rings. The Morgan fingerprint density at radius 2 is 1.69 bits per heavy atom. The van der Waals surface area contributed by atoms with Crippen molar-refractivity contribution in [3.63, 3.8) is 0 Å². The Bertz CT molecular complexity index is 835. The number of carbonyl (C=O) groups excluding carboxylic acids is 2. The van der Waals surface area contributed by atoms with Gasteiger partial charge < -0.3 is 10.2 Å². The molecule has 0 aromatic heterocycles. The number of piperidine rings is 1. The van der Waals surface area contributed by atoms with Gasteiger partial charge in [-0.25, -0.2) is 0 Å². The van der Waals surface area contributed by atoms with Crippen molar-refractivity contribution >= 4 is 11.8 Å². The largest absolute Gasteiger partial charge is 0.351 e. The number of rotatable bonds is 5. The van der Waals surface area contributed by atoms with E-state index in [0.717, 1.165) is 32.4 Å². The molecule has 1 aliphatic heterocycles. The summed E-state index contributed by atoms with van der Waals surface area (Å²) in [6, 6.07) is 9.43. The van der Waals surface area contributed by atoms with E-state index in [4.69, 9.17) is 0 Å². The number of nitrogens with zero attached hydrogens (tertiary/aromatic N) is 1. The van der Waals surface area contributed by atoms with Crippen LogP contribution in [0.1, 0.15) is 76.8 Å². The molecule has 1 saturated heterocycles. The Morgan fingerprint density at radius 1 is 1.03 bits per heavy atom. The van der Waals surface area contributed by atoms with Crippen molar-refractivity contribution in [1.82, 2.24) is 10.2 Å². The van der Waals surface area contributed by atoms with E-state index in [-0.39, 0.29) is 17.4 Å². The number of likely N-dealkylation sites (tertiary alicyclic amines) is 1. The smallest absolute Gasteiger partial charge is 0.225 e. The van der Waals surface area contributed by atoms with Gasteiger partial charge in [0.05, 0.1) is 0 Å². The summed E-state index contributed by atoms with van der Waals surface area (Å²) >= 11 is 0. The maximum Gasteiger partial charge on any atom is 0.225 e. The highest BCUT2D eigenvalue weighted by Gasteiger charge is 2.59. The van der Waals surface area contributed by atoms with Crippen LogP contribution in [0, 0.1) is 11.8 Å². The van der Waals surface area contributed by atoms with Crippen molar-refractivity contribution in [3.8, 4) is 0 Å².